The highest BCUT2D eigenvalue weighted by atomic mass is 35.5. The lowest BCUT2D eigenvalue weighted by Gasteiger charge is -2.37. The number of aromatic amines is 2. The zero-order valence-corrected chi connectivity index (χ0v) is 33.2. The van der Waals surface area contributed by atoms with Gasteiger partial charge >= 0.3 is 11.1 Å². The number of hydrogen-bond acceptors (Lipinski definition) is 12. The maximum Gasteiger partial charge on any atom is 0.487 e. The third-order valence-corrected chi connectivity index (χ3v) is 9.86. The summed E-state index contributed by atoms with van der Waals surface area (Å²) in [5, 5.41) is 32.7. The number of carbonyl (C=O) groups is 2. The van der Waals surface area contributed by atoms with Crippen LogP contribution in [0.4, 0.5) is 45.0 Å². The molecule has 0 spiro atoms. The average Bonchev–Trinajstić information content (AvgIpc) is 3.90. The van der Waals surface area contributed by atoms with E-state index < -0.39 is 40.9 Å². The van der Waals surface area contributed by atoms with Crippen LogP contribution >= 0.6 is 23.2 Å². The van der Waals surface area contributed by atoms with Gasteiger partial charge in [-0.25, -0.2) is 14.4 Å². The van der Waals surface area contributed by atoms with Crippen molar-refractivity contribution in [3.8, 4) is 34.0 Å². The van der Waals surface area contributed by atoms with Crippen molar-refractivity contribution in [3.63, 3.8) is 0 Å². The van der Waals surface area contributed by atoms with Crippen molar-refractivity contribution in [2.45, 2.75) is 23.3 Å². The van der Waals surface area contributed by atoms with Crippen LogP contribution < -0.4 is 35.2 Å². The Morgan fingerprint density at radius 2 is 1.32 bits per heavy atom. The summed E-state index contributed by atoms with van der Waals surface area (Å²) in [5.74, 6) is -1.60. The molecule has 23 heteroatoms. The fraction of sp³-hybridized carbons (Fsp3) is 0.231. The first-order chi connectivity index (χ1) is 29.6. The maximum atomic E-state index is 16.7. The van der Waals surface area contributed by atoms with E-state index in [-0.39, 0.29) is 70.6 Å². The predicted octanol–water partition coefficient (Wildman–Crippen LogP) is 6.57. The molecular weight excluding hydrogens is 868 g/mol. The van der Waals surface area contributed by atoms with E-state index in [1.807, 2.05) is 4.90 Å². The zero-order valence-electron chi connectivity index (χ0n) is 31.7. The molecule has 2 aromatic carbocycles. The van der Waals surface area contributed by atoms with Crippen LogP contribution in [-0.2, 0) is 0 Å². The zero-order chi connectivity index (χ0) is 43.8. The van der Waals surface area contributed by atoms with E-state index in [4.69, 9.17) is 23.2 Å². The molecular formula is C39H32Cl2F5N11O5. The number of ether oxygens (including phenoxy) is 2. The van der Waals surface area contributed by atoms with Crippen LogP contribution in [0, 0.1) is 5.82 Å². The number of carbonyl (C=O) groups excluding carboxylic acids is 2. The Hall–Kier alpha value is -6.55. The summed E-state index contributed by atoms with van der Waals surface area (Å²) in [6.45, 7) is 1.42. The van der Waals surface area contributed by atoms with Crippen LogP contribution in [0.15, 0.2) is 85.3 Å². The number of amides is 2. The average molecular weight is 901 g/mol. The molecule has 2 fully saturated rings. The van der Waals surface area contributed by atoms with Gasteiger partial charge in [0.1, 0.15) is 34.5 Å². The van der Waals surface area contributed by atoms with Gasteiger partial charge in [0.05, 0.1) is 29.0 Å². The number of pyridine rings is 2. The van der Waals surface area contributed by atoms with Crippen LogP contribution in [0.1, 0.15) is 32.5 Å². The molecule has 0 saturated carbocycles. The van der Waals surface area contributed by atoms with Gasteiger partial charge in [0.15, 0.2) is 5.82 Å². The van der Waals surface area contributed by atoms with E-state index in [2.05, 4.69) is 55.8 Å². The largest absolute Gasteiger partial charge is 0.487 e. The molecule has 2 saturated heterocycles. The van der Waals surface area contributed by atoms with Crippen LogP contribution in [0.3, 0.4) is 0 Å². The van der Waals surface area contributed by atoms with Gasteiger partial charge in [0.25, 0.3) is 11.8 Å². The standard InChI is InChI=1S/C39H32Cl2F5N11O5/c40-38(43,44)61-25-5-1-22(2-6-25)51-36(59)20-13-27(29-9-10-50-53-29)34(48-15-20)56-12-11-47-30(19-56)33-31(42)32(54-55-33)28-14-21(16-49-35(28)57-17-24(58)18-57)37(60)52-23-3-7-26(8-4-23)62-39(41,45)46/h1-10,13-16,24,30,47,58H,11-12,17-19H2,(H,50,53)(H,51,59)(H,52,60)(H,54,55). The Bertz CT molecular complexity index is 2570. The molecule has 0 radical (unpaired) electrons. The number of H-pyrrole nitrogens is 2. The number of aliphatic hydroxyl groups excluding tert-OH is 1. The molecule has 2 aliphatic rings. The molecule has 1 unspecified atom stereocenters. The number of alkyl halides is 6. The number of nitrogens with one attached hydrogen (secondary N) is 5. The first-order valence-electron chi connectivity index (χ1n) is 18.6. The lowest BCUT2D eigenvalue weighted by Crippen LogP contribution is -2.51. The Labute approximate surface area is 357 Å². The highest BCUT2D eigenvalue weighted by molar-refractivity contribution is 6.21. The SMILES string of the molecule is O=C(Nc1ccc(OC(F)(F)Cl)cc1)c1cnc(N2CCNC(c3n[nH]c(-c4cc(C(=O)Nc5ccc(OC(F)(F)Cl)cc5)cnc4N4CC(O)C4)c3F)C2)c(-c2ccn[nH]2)c1. The smallest absolute Gasteiger partial charge is 0.420 e. The molecule has 16 nitrogen and oxygen atoms in total. The van der Waals surface area contributed by atoms with E-state index in [1.54, 1.807) is 17.0 Å². The molecule has 4 aromatic heterocycles. The number of rotatable bonds is 13. The quantitative estimate of drug-likeness (QED) is 0.0540. The first-order valence-corrected chi connectivity index (χ1v) is 19.3. The molecule has 2 aliphatic heterocycles. The summed E-state index contributed by atoms with van der Waals surface area (Å²) in [7, 11) is 0. The van der Waals surface area contributed by atoms with Crippen LogP contribution in [0.25, 0.3) is 22.5 Å². The molecule has 1 atom stereocenters. The van der Waals surface area contributed by atoms with E-state index in [0.717, 1.165) is 0 Å². The Morgan fingerprint density at radius 1 is 0.774 bits per heavy atom. The fourth-order valence-electron chi connectivity index (χ4n) is 6.85. The minimum atomic E-state index is -3.92. The van der Waals surface area contributed by atoms with Gasteiger partial charge in [-0.15, -0.1) is 17.6 Å². The van der Waals surface area contributed by atoms with Gasteiger partial charge in [-0.1, -0.05) is 0 Å². The number of hydrogen-bond donors (Lipinski definition) is 6. The van der Waals surface area contributed by atoms with Gasteiger partial charge in [-0.3, -0.25) is 19.8 Å². The van der Waals surface area contributed by atoms with Gasteiger partial charge in [-0.2, -0.15) is 10.2 Å². The molecule has 0 bridgehead atoms. The number of halogens is 7. The van der Waals surface area contributed by atoms with Crippen LogP contribution in [0.5, 0.6) is 11.5 Å². The number of aromatic nitrogens is 6. The monoisotopic (exact) mass is 899 g/mol. The van der Waals surface area contributed by atoms with Gasteiger partial charge in [0.2, 0.25) is 0 Å². The predicted molar refractivity (Wildman–Crippen MR) is 216 cm³/mol. The molecule has 6 aromatic rings. The lowest BCUT2D eigenvalue weighted by molar-refractivity contribution is -0.0972. The van der Waals surface area contributed by atoms with E-state index in [1.165, 1.54) is 73.2 Å². The molecule has 62 heavy (non-hydrogen) atoms. The van der Waals surface area contributed by atoms with Gasteiger partial charge in [0, 0.05) is 97.0 Å². The summed E-state index contributed by atoms with van der Waals surface area (Å²) in [5.41, 5.74) is -5.88. The summed E-state index contributed by atoms with van der Waals surface area (Å²) < 4.78 is 77.5. The summed E-state index contributed by atoms with van der Waals surface area (Å²) in [6.07, 6.45) is 3.57. The van der Waals surface area contributed by atoms with Crippen LogP contribution in [0.2, 0.25) is 0 Å². The maximum absolute atomic E-state index is 16.7. The number of nitrogens with zero attached hydrogens (tertiary/aromatic N) is 6. The number of piperazine rings is 1. The number of benzene rings is 2. The molecule has 6 N–H and O–H groups in total. The number of aliphatic hydroxyl groups is 1. The van der Waals surface area contributed by atoms with Crippen LogP contribution in [-0.4, -0.2) is 97.2 Å². The highest BCUT2D eigenvalue weighted by Crippen LogP contribution is 2.37. The van der Waals surface area contributed by atoms with E-state index in [0.29, 0.717) is 36.0 Å². The minimum absolute atomic E-state index is 0.0317. The second-order valence-electron chi connectivity index (χ2n) is 14.0. The van der Waals surface area contributed by atoms with Crippen molar-refractivity contribution in [2.24, 2.45) is 0 Å². The van der Waals surface area contributed by atoms with Crippen molar-refractivity contribution in [1.29, 1.82) is 0 Å². The highest BCUT2D eigenvalue weighted by Gasteiger charge is 2.34. The Kier molecular flexibility index (Phi) is 11.6. The minimum Gasteiger partial charge on any atom is -0.420 e. The van der Waals surface area contributed by atoms with E-state index >= 15 is 4.39 Å². The molecule has 6 heterocycles. The van der Waals surface area contributed by atoms with Crippen molar-refractivity contribution < 1.29 is 46.1 Å². The Morgan fingerprint density at radius 3 is 1.84 bits per heavy atom. The summed E-state index contributed by atoms with van der Waals surface area (Å²) in [6, 6.07) is 14.3. The lowest BCUT2D eigenvalue weighted by atomic mass is 10.0. The third kappa shape index (κ3) is 9.65. The van der Waals surface area contributed by atoms with Gasteiger partial charge in [-0.05, 0) is 66.7 Å². The first kappa shape index (κ1) is 42.2. The second-order valence-corrected chi connectivity index (χ2v) is 14.9. The Balaban J connectivity index is 1.02. The molecule has 2 amide bonds. The molecule has 322 valence electrons. The van der Waals surface area contributed by atoms with Crippen molar-refractivity contribution in [2.75, 3.05) is 53.2 Å². The number of anilines is 4. The fourth-order valence-corrected chi connectivity index (χ4v) is 7.03. The summed E-state index contributed by atoms with van der Waals surface area (Å²) in [4.78, 5) is 39.4. The number of β-amino-alcohol motifs (C(OH)–C–C–N with tert-alkyl or cyclic N) is 1. The van der Waals surface area contributed by atoms with Crippen molar-refractivity contribution in [3.05, 3.63) is 108 Å². The summed E-state index contributed by atoms with van der Waals surface area (Å²) >= 11 is 9.66. The van der Waals surface area contributed by atoms with Crippen molar-refractivity contribution >= 4 is 58.0 Å². The van der Waals surface area contributed by atoms with Gasteiger partial charge < -0.3 is 40.3 Å². The third-order valence-electron chi connectivity index (χ3n) is 9.71. The second kappa shape index (κ2) is 17.1. The molecule has 0 aliphatic carbocycles. The topological polar surface area (TPSA) is 199 Å². The molecule has 8 rings (SSSR count). The normalized spacial score (nSPS) is 15.8. The van der Waals surface area contributed by atoms with Crippen molar-refractivity contribution in [1.82, 2.24) is 35.7 Å². The van der Waals surface area contributed by atoms with E-state index in [9.17, 15) is 32.3 Å².